The highest BCUT2D eigenvalue weighted by atomic mass is 35.5. The smallest absolute Gasteiger partial charge is 0.264 e. The molecule has 164 valence electrons. The first-order valence-electron chi connectivity index (χ1n) is 9.78. The van der Waals surface area contributed by atoms with Crippen molar-refractivity contribution < 1.29 is 18.7 Å². The Morgan fingerprint density at radius 2 is 1.75 bits per heavy atom. The summed E-state index contributed by atoms with van der Waals surface area (Å²) in [6.07, 6.45) is 0. The average molecular weight is 453 g/mol. The Hall–Kier alpha value is -3.65. The van der Waals surface area contributed by atoms with E-state index >= 15 is 0 Å². The zero-order valence-electron chi connectivity index (χ0n) is 18.0. The number of hydrogen-bond donors (Lipinski definition) is 0. The van der Waals surface area contributed by atoms with Gasteiger partial charge in [-0.3, -0.25) is 0 Å². The molecule has 2 aromatic heterocycles. The van der Waals surface area contributed by atoms with Crippen molar-refractivity contribution in [2.75, 3.05) is 14.2 Å². The van der Waals surface area contributed by atoms with Crippen molar-refractivity contribution in [1.29, 1.82) is 0 Å². The lowest BCUT2D eigenvalue weighted by molar-refractivity contribution is 0.234. The van der Waals surface area contributed by atoms with E-state index in [0.717, 1.165) is 16.8 Å². The van der Waals surface area contributed by atoms with Crippen LogP contribution in [0.2, 0.25) is 5.02 Å². The molecule has 0 aliphatic heterocycles. The van der Waals surface area contributed by atoms with Gasteiger partial charge in [0.15, 0.2) is 23.9 Å². The first-order valence-corrected chi connectivity index (χ1v) is 10.2. The first kappa shape index (κ1) is 21.6. The molecule has 0 fully saturated rings. The Labute approximate surface area is 190 Å². The Bertz CT molecular complexity index is 1260. The van der Waals surface area contributed by atoms with Gasteiger partial charge in [0.25, 0.3) is 5.89 Å². The van der Waals surface area contributed by atoms with Crippen LogP contribution >= 0.6 is 11.6 Å². The number of hydrogen-bond acceptors (Lipinski definition) is 8. The van der Waals surface area contributed by atoms with Crippen molar-refractivity contribution in [3.05, 3.63) is 64.6 Å². The van der Waals surface area contributed by atoms with Gasteiger partial charge in [-0.15, -0.1) is 0 Å². The quantitative estimate of drug-likeness (QED) is 0.384. The van der Waals surface area contributed by atoms with Crippen LogP contribution in [0.15, 0.2) is 47.0 Å². The Balaban J connectivity index is 1.57. The normalized spacial score (nSPS) is 10.8. The molecule has 32 heavy (non-hydrogen) atoms. The van der Waals surface area contributed by atoms with E-state index in [1.165, 1.54) is 0 Å². The highest BCUT2D eigenvalue weighted by Crippen LogP contribution is 2.36. The summed E-state index contributed by atoms with van der Waals surface area (Å²) in [6.45, 7) is 3.84. The first-order chi connectivity index (χ1) is 15.5. The summed E-state index contributed by atoms with van der Waals surface area (Å²) >= 11 is 6.11. The van der Waals surface area contributed by atoms with E-state index in [1.807, 2.05) is 38.1 Å². The maximum Gasteiger partial charge on any atom is 0.264 e. The molecule has 0 radical (unpaired) electrons. The molecule has 8 nitrogen and oxygen atoms in total. The Morgan fingerprint density at radius 3 is 2.50 bits per heavy atom. The fraction of sp³-hybridized carbons (Fsp3) is 0.217. The third-order valence-corrected chi connectivity index (χ3v) is 5.11. The average Bonchev–Trinajstić information content (AvgIpc) is 3.28. The van der Waals surface area contributed by atoms with Gasteiger partial charge in [0, 0.05) is 21.8 Å². The van der Waals surface area contributed by atoms with Crippen LogP contribution in [0.3, 0.4) is 0 Å². The predicted octanol–water partition coefficient (Wildman–Crippen LogP) is 5.06. The Morgan fingerprint density at radius 1 is 0.938 bits per heavy atom. The van der Waals surface area contributed by atoms with E-state index in [1.54, 1.807) is 32.4 Å². The van der Waals surface area contributed by atoms with Crippen molar-refractivity contribution in [2.24, 2.45) is 0 Å². The predicted molar refractivity (Wildman–Crippen MR) is 119 cm³/mol. The van der Waals surface area contributed by atoms with Crippen LogP contribution < -0.4 is 14.2 Å². The van der Waals surface area contributed by atoms with Gasteiger partial charge in [-0.2, -0.15) is 9.97 Å². The lowest BCUT2D eigenvalue weighted by atomic mass is 10.1. The maximum absolute atomic E-state index is 6.11. The summed E-state index contributed by atoms with van der Waals surface area (Å²) in [5.74, 6) is 2.73. The fourth-order valence-electron chi connectivity index (χ4n) is 3.12. The molecular weight excluding hydrogens is 432 g/mol. The summed E-state index contributed by atoms with van der Waals surface area (Å²) < 4.78 is 22.1. The number of nitrogens with zero attached hydrogens (tertiary/aromatic N) is 4. The lowest BCUT2D eigenvalue weighted by Crippen LogP contribution is -2.04. The van der Waals surface area contributed by atoms with Crippen molar-refractivity contribution in [3.8, 4) is 40.2 Å². The second-order valence-corrected chi connectivity index (χ2v) is 7.35. The van der Waals surface area contributed by atoms with Crippen LogP contribution in [-0.2, 0) is 6.61 Å². The molecule has 0 atom stereocenters. The summed E-state index contributed by atoms with van der Waals surface area (Å²) in [6, 6.07) is 12.8. The minimum Gasteiger partial charge on any atom is -0.493 e. The molecule has 0 amide bonds. The molecule has 0 N–H and O–H groups in total. The van der Waals surface area contributed by atoms with Crippen LogP contribution in [0.4, 0.5) is 0 Å². The number of ether oxygens (including phenoxy) is 3. The van der Waals surface area contributed by atoms with E-state index in [2.05, 4.69) is 20.1 Å². The van der Waals surface area contributed by atoms with Gasteiger partial charge < -0.3 is 18.7 Å². The van der Waals surface area contributed by atoms with Crippen LogP contribution in [0.25, 0.3) is 22.8 Å². The van der Waals surface area contributed by atoms with E-state index in [-0.39, 0.29) is 6.61 Å². The molecule has 0 saturated carbocycles. The van der Waals surface area contributed by atoms with Gasteiger partial charge in [0.05, 0.1) is 19.8 Å². The lowest BCUT2D eigenvalue weighted by Gasteiger charge is -2.11. The molecule has 0 saturated heterocycles. The number of aromatic nitrogens is 4. The second-order valence-electron chi connectivity index (χ2n) is 6.91. The topological polar surface area (TPSA) is 92.4 Å². The molecule has 2 aromatic carbocycles. The molecule has 0 spiro atoms. The Kier molecular flexibility index (Phi) is 6.23. The van der Waals surface area contributed by atoms with Gasteiger partial charge in [-0.25, -0.2) is 4.98 Å². The third-order valence-electron chi connectivity index (χ3n) is 4.87. The van der Waals surface area contributed by atoms with Gasteiger partial charge in [0.2, 0.25) is 11.7 Å². The summed E-state index contributed by atoms with van der Waals surface area (Å²) in [5, 5.41) is 4.66. The number of aryl methyl sites for hydroxylation is 1. The summed E-state index contributed by atoms with van der Waals surface area (Å²) in [4.78, 5) is 13.5. The number of para-hydroxylation sites is 1. The van der Waals surface area contributed by atoms with Gasteiger partial charge in [-0.05, 0) is 38.1 Å². The monoisotopic (exact) mass is 452 g/mol. The van der Waals surface area contributed by atoms with Crippen molar-refractivity contribution >= 4 is 11.6 Å². The molecular formula is C23H21ClN4O4. The van der Waals surface area contributed by atoms with E-state index < -0.39 is 0 Å². The molecule has 4 aromatic rings. The standard InChI is InChI=1S/C23H21ClN4O4/c1-13-14(2)25-21(15-7-5-8-16(24)11-15)27-23(13)31-12-19-26-22(28-32-19)17-9-6-10-18(29-3)20(17)30-4/h5-11H,12H2,1-4H3. The minimum absolute atomic E-state index is 0.0472. The molecule has 0 bridgehead atoms. The van der Waals surface area contributed by atoms with Crippen molar-refractivity contribution in [1.82, 2.24) is 20.1 Å². The molecule has 0 aliphatic rings. The largest absolute Gasteiger partial charge is 0.493 e. The third kappa shape index (κ3) is 4.36. The molecule has 0 unspecified atom stereocenters. The number of benzene rings is 2. The van der Waals surface area contributed by atoms with E-state index in [4.69, 9.17) is 30.3 Å². The SMILES string of the molecule is COc1cccc(-c2noc(COc3nc(-c4cccc(Cl)c4)nc(C)c3C)n2)c1OC. The minimum atomic E-state index is 0.0472. The van der Waals surface area contributed by atoms with Crippen molar-refractivity contribution in [2.45, 2.75) is 20.5 Å². The molecule has 4 rings (SSSR count). The number of methoxy groups -OCH3 is 2. The van der Waals surface area contributed by atoms with Gasteiger partial charge in [-0.1, -0.05) is 35.0 Å². The summed E-state index contributed by atoms with van der Waals surface area (Å²) in [7, 11) is 3.13. The van der Waals surface area contributed by atoms with Gasteiger partial charge >= 0.3 is 0 Å². The highest BCUT2D eigenvalue weighted by molar-refractivity contribution is 6.30. The van der Waals surface area contributed by atoms with E-state index in [9.17, 15) is 0 Å². The van der Waals surface area contributed by atoms with Crippen LogP contribution in [0, 0.1) is 13.8 Å². The maximum atomic E-state index is 6.11. The van der Waals surface area contributed by atoms with Crippen LogP contribution in [0.5, 0.6) is 17.4 Å². The fourth-order valence-corrected chi connectivity index (χ4v) is 3.31. The van der Waals surface area contributed by atoms with Crippen molar-refractivity contribution in [3.63, 3.8) is 0 Å². The van der Waals surface area contributed by atoms with Gasteiger partial charge in [0.1, 0.15) is 0 Å². The van der Waals surface area contributed by atoms with Crippen LogP contribution in [0.1, 0.15) is 17.1 Å². The van der Waals surface area contributed by atoms with Crippen LogP contribution in [-0.4, -0.2) is 34.3 Å². The van der Waals surface area contributed by atoms with E-state index in [0.29, 0.717) is 45.5 Å². The zero-order valence-corrected chi connectivity index (χ0v) is 18.8. The molecule has 2 heterocycles. The zero-order chi connectivity index (χ0) is 22.7. The number of halogens is 1. The number of rotatable bonds is 7. The second kappa shape index (κ2) is 9.23. The highest BCUT2D eigenvalue weighted by Gasteiger charge is 2.18. The summed E-state index contributed by atoms with van der Waals surface area (Å²) in [5.41, 5.74) is 3.08. The molecule has 9 heteroatoms. The molecule has 0 aliphatic carbocycles.